The quantitative estimate of drug-likeness (QED) is 0.731. The van der Waals surface area contributed by atoms with E-state index in [4.69, 9.17) is 0 Å². The number of halogens is 3. The molecule has 0 bridgehead atoms. The van der Waals surface area contributed by atoms with Gasteiger partial charge in [0.2, 0.25) is 5.91 Å². The Hall–Kier alpha value is -3.36. The number of hydrogen-bond acceptors (Lipinski definition) is 3. The molecule has 0 spiro atoms. The van der Waals surface area contributed by atoms with Gasteiger partial charge in [0, 0.05) is 12.2 Å². The lowest BCUT2D eigenvalue weighted by Gasteiger charge is -2.19. The van der Waals surface area contributed by atoms with Crippen LogP contribution in [-0.2, 0) is 23.9 Å². The number of fused-ring (bicyclic) bond motifs is 2. The Balaban J connectivity index is 1.73. The van der Waals surface area contributed by atoms with Gasteiger partial charge in [-0.25, -0.2) is 4.79 Å². The highest BCUT2D eigenvalue weighted by molar-refractivity contribution is 5.96. The van der Waals surface area contributed by atoms with Gasteiger partial charge in [0.05, 0.1) is 16.5 Å². The molecular formula is C19H14F3N3O3. The Labute approximate surface area is 155 Å². The van der Waals surface area contributed by atoms with Crippen LogP contribution in [0.5, 0.6) is 0 Å². The van der Waals surface area contributed by atoms with E-state index in [1.54, 1.807) is 18.2 Å². The summed E-state index contributed by atoms with van der Waals surface area (Å²) in [4.78, 5) is 40.4. The first kappa shape index (κ1) is 18.0. The summed E-state index contributed by atoms with van der Waals surface area (Å²) in [5.41, 5.74) is -1.52. The number of nitrogens with one attached hydrogen (secondary N) is 1. The van der Waals surface area contributed by atoms with Crippen LogP contribution in [0, 0.1) is 0 Å². The van der Waals surface area contributed by atoms with Crippen molar-refractivity contribution in [3.05, 3.63) is 74.4 Å². The van der Waals surface area contributed by atoms with Gasteiger partial charge in [-0.15, -0.1) is 0 Å². The minimum absolute atomic E-state index is 0.0713. The SMILES string of the molecule is O=C(Cn1c(=O)[nH]c(=O)c2ccccc21)N1CCc2c1cccc2C(F)(F)F. The fourth-order valence-corrected chi connectivity index (χ4v) is 3.58. The summed E-state index contributed by atoms with van der Waals surface area (Å²) in [6, 6.07) is 10.0. The molecule has 0 atom stereocenters. The third-order valence-electron chi connectivity index (χ3n) is 4.83. The largest absolute Gasteiger partial charge is 0.416 e. The summed E-state index contributed by atoms with van der Waals surface area (Å²) >= 11 is 0. The number of aromatic nitrogens is 2. The van der Waals surface area contributed by atoms with Crippen molar-refractivity contribution in [2.75, 3.05) is 11.4 Å². The first-order valence-electron chi connectivity index (χ1n) is 8.48. The Morgan fingerprint density at radius 3 is 2.57 bits per heavy atom. The van der Waals surface area contributed by atoms with Crippen molar-refractivity contribution >= 4 is 22.5 Å². The molecule has 6 nitrogen and oxygen atoms in total. The van der Waals surface area contributed by atoms with Gasteiger partial charge in [-0.3, -0.25) is 19.1 Å². The predicted octanol–water partition coefficient (Wildman–Crippen LogP) is 2.30. The molecule has 1 N–H and O–H groups in total. The van der Waals surface area contributed by atoms with Crippen LogP contribution in [0.25, 0.3) is 10.9 Å². The molecule has 0 saturated carbocycles. The zero-order valence-electron chi connectivity index (χ0n) is 14.4. The molecule has 2 heterocycles. The molecule has 0 fully saturated rings. The van der Waals surface area contributed by atoms with Gasteiger partial charge < -0.3 is 4.90 Å². The zero-order valence-corrected chi connectivity index (χ0v) is 14.4. The van der Waals surface area contributed by atoms with Crippen LogP contribution in [0.15, 0.2) is 52.1 Å². The zero-order chi connectivity index (χ0) is 20.1. The smallest absolute Gasteiger partial charge is 0.310 e. The number of anilines is 1. The first-order valence-corrected chi connectivity index (χ1v) is 8.48. The summed E-state index contributed by atoms with van der Waals surface area (Å²) in [5, 5.41) is 0.246. The average molecular weight is 389 g/mol. The first-order chi connectivity index (χ1) is 13.3. The van der Waals surface area contributed by atoms with Gasteiger partial charge in [-0.1, -0.05) is 18.2 Å². The number of amides is 1. The summed E-state index contributed by atoms with van der Waals surface area (Å²) in [6.07, 6.45) is -4.42. The number of alkyl halides is 3. The van der Waals surface area contributed by atoms with Crippen LogP contribution in [0.3, 0.4) is 0 Å². The Morgan fingerprint density at radius 1 is 1.07 bits per heavy atom. The number of rotatable bonds is 2. The van der Waals surface area contributed by atoms with Crippen molar-refractivity contribution in [1.29, 1.82) is 0 Å². The molecule has 1 aromatic heterocycles. The Bertz CT molecular complexity index is 1210. The molecule has 4 rings (SSSR count). The third kappa shape index (κ3) is 2.88. The molecule has 1 amide bonds. The minimum Gasteiger partial charge on any atom is -0.310 e. The van der Waals surface area contributed by atoms with Crippen LogP contribution < -0.4 is 16.1 Å². The normalized spacial score (nSPS) is 13.8. The second-order valence-electron chi connectivity index (χ2n) is 6.46. The van der Waals surface area contributed by atoms with Crippen molar-refractivity contribution in [2.45, 2.75) is 19.1 Å². The molecule has 9 heteroatoms. The van der Waals surface area contributed by atoms with Crippen molar-refractivity contribution in [3.63, 3.8) is 0 Å². The van der Waals surface area contributed by atoms with E-state index in [-0.39, 0.29) is 35.1 Å². The topological polar surface area (TPSA) is 75.2 Å². The number of para-hydroxylation sites is 1. The number of aromatic amines is 1. The second kappa shape index (κ2) is 6.36. The van der Waals surface area contributed by atoms with E-state index in [2.05, 4.69) is 4.98 Å². The van der Waals surface area contributed by atoms with E-state index in [0.29, 0.717) is 0 Å². The minimum atomic E-state index is -4.50. The van der Waals surface area contributed by atoms with Gasteiger partial charge >= 0.3 is 11.9 Å². The summed E-state index contributed by atoms with van der Waals surface area (Å²) < 4.78 is 40.7. The maximum absolute atomic E-state index is 13.2. The molecular weight excluding hydrogens is 375 g/mol. The van der Waals surface area contributed by atoms with Gasteiger partial charge in [-0.05, 0) is 36.2 Å². The monoisotopic (exact) mass is 389 g/mol. The van der Waals surface area contributed by atoms with Gasteiger partial charge in [-0.2, -0.15) is 13.2 Å². The fourth-order valence-electron chi connectivity index (χ4n) is 3.58. The van der Waals surface area contributed by atoms with Crippen LogP contribution in [0.1, 0.15) is 11.1 Å². The van der Waals surface area contributed by atoms with Crippen LogP contribution in [0.2, 0.25) is 0 Å². The molecule has 3 aromatic rings. The lowest BCUT2D eigenvalue weighted by atomic mass is 10.0. The van der Waals surface area contributed by atoms with E-state index in [0.717, 1.165) is 10.6 Å². The number of carbonyl (C=O) groups excluding carboxylic acids is 1. The highest BCUT2D eigenvalue weighted by Gasteiger charge is 2.37. The summed E-state index contributed by atoms with van der Waals surface area (Å²) in [5.74, 6) is -0.530. The second-order valence-corrected chi connectivity index (χ2v) is 6.46. The van der Waals surface area contributed by atoms with E-state index in [1.165, 1.54) is 23.1 Å². The maximum atomic E-state index is 13.2. The number of carbonyl (C=O) groups is 1. The van der Waals surface area contributed by atoms with Crippen molar-refractivity contribution in [2.24, 2.45) is 0 Å². The van der Waals surface area contributed by atoms with E-state index in [1.807, 2.05) is 0 Å². The van der Waals surface area contributed by atoms with Crippen LogP contribution in [0.4, 0.5) is 18.9 Å². The lowest BCUT2D eigenvalue weighted by Crippen LogP contribution is -2.38. The molecule has 0 saturated heterocycles. The number of hydrogen-bond donors (Lipinski definition) is 1. The Morgan fingerprint density at radius 2 is 1.82 bits per heavy atom. The maximum Gasteiger partial charge on any atom is 0.416 e. The molecule has 0 radical (unpaired) electrons. The van der Waals surface area contributed by atoms with Crippen molar-refractivity contribution < 1.29 is 18.0 Å². The number of benzene rings is 2. The lowest BCUT2D eigenvalue weighted by molar-refractivity contribution is -0.138. The van der Waals surface area contributed by atoms with Crippen molar-refractivity contribution in [1.82, 2.24) is 9.55 Å². The van der Waals surface area contributed by atoms with Gasteiger partial charge in [0.15, 0.2) is 0 Å². The number of nitrogens with zero attached hydrogens (tertiary/aromatic N) is 2. The molecule has 0 aliphatic carbocycles. The highest BCUT2D eigenvalue weighted by atomic mass is 19.4. The van der Waals surface area contributed by atoms with Crippen LogP contribution in [-0.4, -0.2) is 22.0 Å². The number of H-pyrrole nitrogens is 1. The van der Waals surface area contributed by atoms with Crippen molar-refractivity contribution in [3.8, 4) is 0 Å². The molecule has 1 aliphatic heterocycles. The average Bonchev–Trinajstić information content (AvgIpc) is 3.08. The summed E-state index contributed by atoms with van der Waals surface area (Å²) in [6.45, 7) is -0.302. The third-order valence-corrected chi connectivity index (χ3v) is 4.83. The van der Waals surface area contributed by atoms with E-state index >= 15 is 0 Å². The molecule has 2 aromatic carbocycles. The highest BCUT2D eigenvalue weighted by Crippen LogP contribution is 2.39. The molecule has 1 aliphatic rings. The van der Waals surface area contributed by atoms with Gasteiger partial charge in [0.25, 0.3) is 5.56 Å². The van der Waals surface area contributed by atoms with Gasteiger partial charge in [0.1, 0.15) is 6.54 Å². The Kier molecular flexibility index (Phi) is 4.10. The predicted molar refractivity (Wildman–Crippen MR) is 96.3 cm³/mol. The molecule has 0 unspecified atom stereocenters. The van der Waals surface area contributed by atoms with E-state index < -0.39 is 35.4 Å². The molecule has 144 valence electrons. The van der Waals surface area contributed by atoms with E-state index in [9.17, 15) is 27.6 Å². The summed E-state index contributed by atoms with van der Waals surface area (Å²) in [7, 11) is 0. The molecule has 28 heavy (non-hydrogen) atoms. The van der Waals surface area contributed by atoms with Crippen LogP contribution >= 0.6 is 0 Å². The fraction of sp³-hybridized carbons (Fsp3) is 0.211. The standard InChI is InChI=1S/C19H14F3N3O3/c20-19(21,22)13-5-3-7-14-11(13)8-9-24(14)16(26)10-25-15-6-2-1-4-12(15)17(27)23-18(25)28/h1-7H,8-10H2,(H,23,27,28).